The summed E-state index contributed by atoms with van der Waals surface area (Å²) >= 11 is 0. The summed E-state index contributed by atoms with van der Waals surface area (Å²) in [5.41, 5.74) is 2.53. The van der Waals surface area contributed by atoms with Crippen LogP contribution >= 0.6 is 0 Å². The molecule has 4 nitrogen and oxygen atoms in total. The van der Waals surface area contributed by atoms with Gasteiger partial charge in [-0.25, -0.2) is 0 Å². The van der Waals surface area contributed by atoms with Crippen LogP contribution in [0.3, 0.4) is 0 Å². The van der Waals surface area contributed by atoms with Crippen molar-refractivity contribution >= 4 is 11.4 Å². The molecular weight excluding hydrogens is 274 g/mol. The van der Waals surface area contributed by atoms with E-state index < -0.39 is 0 Å². The molecule has 1 aromatic carbocycles. The maximum Gasteiger partial charge on any atom is 0.145 e. The van der Waals surface area contributed by atoms with E-state index in [1.54, 1.807) is 0 Å². The van der Waals surface area contributed by atoms with Crippen molar-refractivity contribution in [2.75, 3.05) is 49.1 Å². The Labute approximate surface area is 133 Å². The minimum absolute atomic E-state index is 0.241. The van der Waals surface area contributed by atoms with Gasteiger partial charge in [0.2, 0.25) is 0 Å². The van der Waals surface area contributed by atoms with Gasteiger partial charge in [0.25, 0.3) is 0 Å². The molecule has 1 N–H and O–H groups in total. The molecule has 3 rings (SSSR count). The fraction of sp³-hybridized carbons (Fsp3) is 0.556. The first-order valence-corrected chi connectivity index (χ1v) is 8.32. The lowest BCUT2D eigenvalue weighted by molar-refractivity contribution is 0.146. The highest BCUT2D eigenvalue weighted by molar-refractivity contribution is 5.79. The molecule has 0 radical (unpaired) electrons. The van der Waals surface area contributed by atoms with Gasteiger partial charge in [-0.15, -0.1) is 6.58 Å². The highest BCUT2D eigenvalue weighted by Gasteiger charge is 2.30. The molecule has 2 aliphatic rings. The molecule has 0 amide bonds. The van der Waals surface area contributed by atoms with Gasteiger partial charge in [0, 0.05) is 32.7 Å². The van der Waals surface area contributed by atoms with E-state index in [4.69, 9.17) is 4.74 Å². The molecule has 120 valence electrons. The molecule has 1 unspecified atom stereocenters. The third-order valence-electron chi connectivity index (χ3n) is 4.52. The van der Waals surface area contributed by atoms with Crippen molar-refractivity contribution in [2.45, 2.75) is 20.0 Å². The number of nitrogens with one attached hydrogen (secondary N) is 1. The topological polar surface area (TPSA) is 27.7 Å². The Hall–Kier alpha value is -1.68. The lowest BCUT2D eigenvalue weighted by atomic mass is 10.0. The zero-order valence-corrected chi connectivity index (χ0v) is 13.7. The van der Waals surface area contributed by atoms with Crippen LogP contribution in [-0.4, -0.2) is 45.4 Å². The summed E-state index contributed by atoms with van der Waals surface area (Å²) in [5.74, 6) is 1.52. The number of anilines is 2. The van der Waals surface area contributed by atoms with Gasteiger partial charge in [0.15, 0.2) is 0 Å². The van der Waals surface area contributed by atoms with E-state index in [1.165, 1.54) is 11.4 Å². The molecule has 0 saturated carbocycles. The number of rotatable bonds is 4. The first-order chi connectivity index (χ1) is 10.7. The van der Waals surface area contributed by atoms with Gasteiger partial charge in [-0.3, -0.25) is 0 Å². The number of benzene rings is 1. The molecule has 0 aromatic heterocycles. The summed E-state index contributed by atoms with van der Waals surface area (Å²) in [6.45, 7) is 14.4. The number of hydrogen-bond donors (Lipinski definition) is 1. The van der Waals surface area contributed by atoms with E-state index in [2.05, 4.69) is 53.7 Å². The van der Waals surface area contributed by atoms with E-state index in [1.807, 2.05) is 6.08 Å². The van der Waals surface area contributed by atoms with Crippen LogP contribution in [0.2, 0.25) is 0 Å². The summed E-state index contributed by atoms with van der Waals surface area (Å²) in [4.78, 5) is 4.89. The molecule has 2 heterocycles. The summed E-state index contributed by atoms with van der Waals surface area (Å²) in [6.07, 6.45) is 2.23. The molecule has 22 heavy (non-hydrogen) atoms. The van der Waals surface area contributed by atoms with Gasteiger partial charge >= 0.3 is 0 Å². The third kappa shape index (κ3) is 2.93. The van der Waals surface area contributed by atoms with Crippen LogP contribution < -0.4 is 19.9 Å². The molecule has 0 bridgehead atoms. The van der Waals surface area contributed by atoms with E-state index in [0.29, 0.717) is 5.92 Å². The number of ether oxygens (including phenoxy) is 1. The second kappa shape index (κ2) is 6.61. The quantitative estimate of drug-likeness (QED) is 0.865. The van der Waals surface area contributed by atoms with E-state index in [9.17, 15) is 0 Å². The Balaban J connectivity index is 1.97. The fourth-order valence-corrected chi connectivity index (χ4v) is 3.26. The van der Waals surface area contributed by atoms with Crippen molar-refractivity contribution in [3.05, 3.63) is 30.9 Å². The number of piperazine rings is 1. The molecule has 0 spiro atoms. The molecule has 2 aliphatic heterocycles. The highest BCUT2D eigenvalue weighted by Crippen LogP contribution is 2.42. The second-order valence-electron chi connectivity index (χ2n) is 6.45. The Morgan fingerprint density at radius 1 is 1.36 bits per heavy atom. The first-order valence-electron chi connectivity index (χ1n) is 8.32. The van der Waals surface area contributed by atoms with Crippen LogP contribution in [-0.2, 0) is 0 Å². The minimum atomic E-state index is 0.241. The van der Waals surface area contributed by atoms with Crippen molar-refractivity contribution in [1.29, 1.82) is 0 Å². The molecule has 1 atom stereocenters. The summed E-state index contributed by atoms with van der Waals surface area (Å²) < 4.78 is 6.28. The summed E-state index contributed by atoms with van der Waals surface area (Å²) in [7, 11) is 0. The standard InChI is InChI=1S/C18H27N3O/c1-4-10-21-13-17(14(2)3)22-16-7-5-6-15(18(16)21)20-11-8-19-9-12-20/h4-7,14,17,19H,1,8-13H2,2-3H3. The van der Waals surface area contributed by atoms with Crippen LogP contribution in [0.25, 0.3) is 0 Å². The van der Waals surface area contributed by atoms with E-state index >= 15 is 0 Å². The fourth-order valence-electron chi connectivity index (χ4n) is 3.26. The van der Waals surface area contributed by atoms with Crippen molar-refractivity contribution in [3.8, 4) is 5.75 Å². The molecule has 1 aromatic rings. The number of fused-ring (bicyclic) bond motifs is 1. The zero-order chi connectivity index (χ0) is 15.5. The number of para-hydroxylation sites is 1. The van der Waals surface area contributed by atoms with E-state index in [-0.39, 0.29) is 6.10 Å². The van der Waals surface area contributed by atoms with Crippen LogP contribution in [0.4, 0.5) is 11.4 Å². The zero-order valence-electron chi connectivity index (χ0n) is 13.7. The predicted octanol–water partition coefficient (Wildman–Crippen LogP) is 2.51. The Kier molecular flexibility index (Phi) is 4.57. The van der Waals surface area contributed by atoms with Crippen LogP contribution in [0.15, 0.2) is 30.9 Å². The third-order valence-corrected chi connectivity index (χ3v) is 4.52. The lowest BCUT2D eigenvalue weighted by Gasteiger charge is -2.41. The van der Waals surface area contributed by atoms with Crippen molar-refractivity contribution < 1.29 is 4.74 Å². The molecule has 0 aliphatic carbocycles. The van der Waals surface area contributed by atoms with Gasteiger partial charge in [-0.1, -0.05) is 26.0 Å². The van der Waals surface area contributed by atoms with Gasteiger partial charge in [-0.2, -0.15) is 0 Å². The maximum atomic E-state index is 6.28. The van der Waals surface area contributed by atoms with Crippen LogP contribution in [0.1, 0.15) is 13.8 Å². The maximum absolute atomic E-state index is 6.28. The van der Waals surface area contributed by atoms with Crippen LogP contribution in [0, 0.1) is 5.92 Å². The monoisotopic (exact) mass is 301 g/mol. The van der Waals surface area contributed by atoms with E-state index in [0.717, 1.165) is 45.0 Å². The second-order valence-corrected chi connectivity index (χ2v) is 6.45. The average molecular weight is 301 g/mol. The number of hydrogen-bond acceptors (Lipinski definition) is 4. The molecule has 1 fully saturated rings. The normalized spacial score (nSPS) is 21.5. The smallest absolute Gasteiger partial charge is 0.145 e. The van der Waals surface area contributed by atoms with Crippen molar-refractivity contribution in [1.82, 2.24) is 5.32 Å². The predicted molar refractivity (Wildman–Crippen MR) is 93.2 cm³/mol. The Morgan fingerprint density at radius 3 is 2.82 bits per heavy atom. The largest absolute Gasteiger partial charge is 0.486 e. The average Bonchev–Trinajstić information content (AvgIpc) is 2.55. The Bertz CT molecular complexity index is 523. The van der Waals surface area contributed by atoms with Crippen molar-refractivity contribution in [2.24, 2.45) is 5.92 Å². The Morgan fingerprint density at radius 2 is 2.14 bits per heavy atom. The summed E-state index contributed by atoms with van der Waals surface area (Å²) in [6, 6.07) is 6.44. The van der Waals surface area contributed by atoms with Crippen molar-refractivity contribution in [3.63, 3.8) is 0 Å². The SMILES string of the molecule is C=CCN1CC(C(C)C)Oc2cccc(N3CCNCC3)c21. The summed E-state index contributed by atoms with van der Waals surface area (Å²) in [5, 5.41) is 3.42. The molecule has 4 heteroatoms. The van der Waals surface area contributed by atoms with Gasteiger partial charge in [-0.05, 0) is 18.1 Å². The first kappa shape index (κ1) is 15.2. The van der Waals surface area contributed by atoms with Crippen LogP contribution in [0.5, 0.6) is 5.75 Å². The molecule has 1 saturated heterocycles. The highest BCUT2D eigenvalue weighted by atomic mass is 16.5. The minimum Gasteiger partial charge on any atom is -0.486 e. The van der Waals surface area contributed by atoms with Gasteiger partial charge in [0.05, 0.1) is 12.2 Å². The number of nitrogens with zero attached hydrogens (tertiary/aromatic N) is 2. The molecular formula is C18H27N3O. The lowest BCUT2D eigenvalue weighted by Crippen LogP contribution is -2.46. The van der Waals surface area contributed by atoms with Gasteiger partial charge in [0.1, 0.15) is 17.5 Å². The van der Waals surface area contributed by atoms with Gasteiger partial charge < -0.3 is 19.9 Å².